The zero-order valence-electron chi connectivity index (χ0n) is 15.7. The number of alkyl halides is 3. The van der Waals surface area contributed by atoms with Crippen molar-refractivity contribution in [1.29, 1.82) is 0 Å². The molecule has 0 spiro atoms. The van der Waals surface area contributed by atoms with Crippen LogP contribution in [0.15, 0.2) is 47.4 Å². The molecule has 0 unspecified atom stereocenters. The van der Waals surface area contributed by atoms with Crippen molar-refractivity contribution in [2.24, 2.45) is 0 Å². The fourth-order valence-electron chi connectivity index (χ4n) is 2.38. The van der Waals surface area contributed by atoms with Crippen molar-refractivity contribution in [1.82, 2.24) is 4.72 Å². The predicted molar refractivity (Wildman–Crippen MR) is 99.5 cm³/mol. The summed E-state index contributed by atoms with van der Waals surface area (Å²) in [6.07, 6.45) is -4.87. The van der Waals surface area contributed by atoms with Gasteiger partial charge in [-0.3, -0.25) is 4.79 Å². The number of carbonyl (C=O) groups is 1. The number of hydrogen-bond acceptors (Lipinski definition) is 5. The first kappa shape index (κ1) is 22.5. The van der Waals surface area contributed by atoms with Gasteiger partial charge in [-0.25, -0.2) is 13.1 Å². The van der Waals surface area contributed by atoms with Crippen LogP contribution in [0.2, 0.25) is 0 Å². The molecule has 0 aliphatic carbocycles. The third-order valence-corrected chi connectivity index (χ3v) is 5.11. The van der Waals surface area contributed by atoms with E-state index in [0.717, 1.165) is 18.2 Å². The van der Waals surface area contributed by atoms with E-state index in [9.17, 15) is 26.4 Å². The zero-order valence-corrected chi connectivity index (χ0v) is 16.5. The summed E-state index contributed by atoms with van der Waals surface area (Å²) in [6, 6.07) is 8.08. The molecule has 0 radical (unpaired) electrons. The number of nitrogens with one attached hydrogen (secondary N) is 2. The predicted octanol–water partition coefficient (Wildman–Crippen LogP) is 3.53. The largest absolute Gasteiger partial charge is 0.573 e. The van der Waals surface area contributed by atoms with Crippen molar-refractivity contribution in [3.63, 3.8) is 0 Å². The average Bonchev–Trinajstić information content (AvgIpc) is 2.58. The van der Waals surface area contributed by atoms with Crippen LogP contribution in [-0.4, -0.2) is 33.8 Å². The van der Waals surface area contributed by atoms with Crippen LogP contribution in [0, 0.1) is 0 Å². The normalized spacial score (nSPS) is 12.0. The molecule has 2 aromatic carbocycles. The Morgan fingerprint density at radius 2 is 1.79 bits per heavy atom. The number of ether oxygens (including phenoxy) is 2. The number of anilines is 1. The molecule has 0 aromatic heterocycles. The Morgan fingerprint density at radius 3 is 2.38 bits per heavy atom. The van der Waals surface area contributed by atoms with Gasteiger partial charge < -0.3 is 14.8 Å². The average molecular weight is 432 g/mol. The Hall–Kier alpha value is -2.79. The molecule has 0 bridgehead atoms. The number of halogens is 3. The summed E-state index contributed by atoms with van der Waals surface area (Å²) in [5.74, 6) is -1.19. The number of benzene rings is 2. The third-order valence-electron chi connectivity index (χ3n) is 3.43. The van der Waals surface area contributed by atoms with Gasteiger partial charge in [0.1, 0.15) is 16.4 Å². The Labute approximate surface area is 165 Å². The first-order valence-corrected chi connectivity index (χ1v) is 9.77. The molecular formula is C18H19F3N2O5S. The second-order valence-corrected chi connectivity index (χ2v) is 7.85. The van der Waals surface area contributed by atoms with Crippen LogP contribution in [0.5, 0.6) is 11.5 Å². The molecule has 0 fully saturated rings. The van der Waals surface area contributed by atoms with Gasteiger partial charge in [0.2, 0.25) is 10.0 Å². The van der Waals surface area contributed by atoms with Gasteiger partial charge in [0.05, 0.1) is 7.11 Å². The van der Waals surface area contributed by atoms with Gasteiger partial charge in [-0.2, -0.15) is 0 Å². The zero-order chi connectivity index (χ0) is 21.8. The molecule has 0 saturated heterocycles. The molecule has 0 aliphatic rings. The lowest BCUT2D eigenvalue weighted by atomic mass is 10.2. The fraction of sp³-hybridized carbons (Fsp3) is 0.278. The quantitative estimate of drug-likeness (QED) is 0.698. The minimum absolute atomic E-state index is 0.0305. The maximum absolute atomic E-state index is 12.5. The number of amides is 1. The second-order valence-electron chi connectivity index (χ2n) is 6.17. The highest BCUT2D eigenvalue weighted by atomic mass is 32.2. The molecule has 2 N–H and O–H groups in total. The van der Waals surface area contributed by atoms with Crippen LogP contribution in [-0.2, 0) is 10.0 Å². The summed E-state index contributed by atoms with van der Waals surface area (Å²) in [4.78, 5) is 12.2. The van der Waals surface area contributed by atoms with Crippen molar-refractivity contribution in [2.45, 2.75) is 31.1 Å². The first-order valence-electron chi connectivity index (χ1n) is 8.29. The van der Waals surface area contributed by atoms with Crippen LogP contribution in [0.1, 0.15) is 24.2 Å². The fourth-order valence-corrected chi connectivity index (χ4v) is 3.82. The Balaban J connectivity index is 2.30. The van der Waals surface area contributed by atoms with Gasteiger partial charge >= 0.3 is 6.36 Å². The molecule has 29 heavy (non-hydrogen) atoms. The molecule has 1 amide bonds. The van der Waals surface area contributed by atoms with E-state index in [4.69, 9.17) is 4.74 Å². The Morgan fingerprint density at radius 1 is 1.10 bits per heavy atom. The van der Waals surface area contributed by atoms with Crippen LogP contribution in [0.25, 0.3) is 0 Å². The standard InChI is InChI=1S/C18H19F3N2O5S/c1-11(2)23-29(25,26)16-9-12(7-8-15(16)27-3)17(24)22-13-5-4-6-14(10-13)28-18(19,20)21/h4-11,23H,1-3H3,(H,22,24). The monoisotopic (exact) mass is 432 g/mol. The lowest BCUT2D eigenvalue weighted by Gasteiger charge is -2.14. The Kier molecular flexibility index (Phi) is 6.75. The molecule has 0 aliphatic heterocycles. The van der Waals surface area contributed by atoms with Crippen molar-refractivity contribution in [2.75, 3.05) is 12.4 Å². The minimum Gasteiger partial charge on any atom is -0.495 e. The highest BCUT2D eigenvalue weighted by Crippen LogP contribution is 2.27. The third kappa shape index (κ3) is 6.36. The van der Waals surface area contributed by atoms with E-state index in [-0.39, 0.29) is 21.9 Å². The minimum atomic E-state index is -4.87. The molecule has 11 heteroatoms. The number of carbonyl (C=O) groups excluding carboxylic acids is 1. The summed E-state index contributed by atoms with van der Waals surface area (Å²) >= 11 is 0. The highest BCUT2D eigenvalue weighted by molar-refractivity contribution is 7.89. The van der Waals surface area contributed by atoms with Gasteiger partial charge in [0.25, 0.3) is 5.91 Å². The van der Waals surface area contributed by atoms with Crippen molar-refractivity contribution >= 4 is 21.6 Å². The van der Waals surface area contributed by atoms with Gasteiger partial charge in [0.15, 0.2) is 0 Å². The summed E-state index contributed by atoms with van der Waals surface area (Å²) < 4.78 is 73.2. The van der Waals surface area contributed by atoms with Gasteiger partial charge in [-0.1, -0.05) is 6.07 Å². The smallest absolute Gasteiger partial charge is 0.495 e. The van der Waals surface area contributed by atoms with Crippen molar-refractivity contribution in [3.05, 3.63) is 48.0 Å². The van der Waals surface area contributed by atoms with E-state index in [0.29, 0.717) is 0 Å². The number of methoxy groups -OCH3 is 1. The molecular weight excluding hydrogens is 413 g/mol. The van der Waals surface area contributed by atoms with Crippen molar-refractivity contribution in [3.8, 4) is 11.5 Å². The number of rotatable bonds is 7. The second kappa shape index (κ2) is 8.70. The van der Waals surface area contributed by atoms with Gasteiger partial charge in [0, 0.05) is 23.4 Å². The molecule has 0 saturated carbocycles. The summed E-state index contributed by atoms with van der Waals surface area (Å²) in [7, 11) is -2.67. The van der Waals surface area contributed by atoms with Crippen LogP contribution in [0.3, 0.4) is 0 Å². The van der Waals surface area contributed by atoms with Crippen LogP contribution in [0.4, 0.5) is 18.9 Å². The summed E-state index contributed by atoms with van der Waals surface area (Å²) in [6.45, 7) is 3.27. The lowest BCUT2D eigenvalue weighted by Crippen LogP contribution is -2.30. The molecule has 0 heterocycles. The molecule has 2 rings (SSSR count). The summed E-state index contributed by atoms with van der Waals surface area (Å²) in [5.41, 5.74) is 0.00866. The number of hydrogen-bond donors (Lipinski definition) is 2. The molecule has 0 atom stereocenters. The molecule has 2 aromatic rings. The summed E-state index contributed by atoms with van der Waals surface area (Å²) in [5, 5.41) is 2.40. The maximum Gasteiger partial charge on any atom is 0.573 e. The van der Waals surface area contributed by atoms with Crippen molar-refractivity contribution < 1.29 is 35.9 Å². The SMILES string of the molecule is COc1ccc(C(=O)Nc2cccc(OC(F)(F)F)c2)cc1S(=O)(=O)NC(C)C. The van der Waals surface area contributed by atoms with Gasteiger partial charge in [-0.15, -0.1) is 13.2 Å². The molecule has 7 nitrogen and oxygen atoms in total. The highest BCUT2D eigenvalue weighted by Gasteiger charge is 2.31. The Bertz CT molecular complexity index is 991. The van der Waals surface area contributed by atoms with E-state index in [1.165, 1.54) is 31.4 Å². The van der Waals surface area contributed by atoms with E-state index in [1.54, 1.807) is 13.8 Å². The first-order chi connectivity index (χ1) is 13.4. The van der Waals surface area contributed by atoms with Crippen LogP contribution < -0.4 is 19.5 Å². The lowest BCUT2D eigenvalue weighted by molar-refractivity contribution is -0.274. The van der Waals surface area contributed by atoms with E-state index in [1.807, 2.05) is 0 Å². The topological polar surface area (TPSA) is 93.7 Å². The van der Waals surface area contributed by atoms with Gasteiger partial charge in [-0.05, 0) is 44.2 Å². The maximum atomic E-state index is 12.5. The van der Waals surface area contributed by atoms with E-state index < -0.39 is 34.1 Å². The van der Waals surface area contributed by atoms with Crippen LogP contribution >= 0.6 is 0 Å². The van der Waals surface area contributed by atoms with E-state index in [2.05, 4.69) is 14.8 Å². The van der Waals surface area contributed by atoms with E-state index >= 15 is 0 Å². The number of sulfonamides is 1. The molecule has 158 valence electrons.